The lowest BCUT2D eigenvalue weighted by Gasteiger charge is -2.04. The van der Waals surface area contributed by atoms with Gasteiger partial charge in [0.25, 0.3) is 0 Å². The van der Waals surface area contributed by atoms with Crippen molar-refractivity contribution in [2.45, 2.75) is 6.42 Å². The molecule has 2 aromatic rings. The third-order valence-corrected chi connectivity index (χ3v) is 3.24. The lowest BCUT2D eigenvalue weighted by atomic mass is 10.0. The second-order valence-electron chi connectivity index (χ2n) is 4.46. The molecule has 1 aliphatic heterocycles. The van der Waals surface area contributed by atoms with Crippen molar-refractivity contribution in [2.75, 3.05) is 12.4 Å². The van der Waals surface area contributed by atoms with Gasteiger partial charge in [0.2, 0.25) is 0 Å². The van der Waals surface area contributed by atoms with Crippen molar-refractivity contribution in [3.8, 4) is 0 Å². The number of nitrogens with one attached hydrogen (secondary N) is 1. The van der Waals surface area contributed by atoms with Gasteiger partial charge in [0.15, 0.2) is 0 Å². The summed E-state index contributed by atoms with van der Waals surface area (Å²) in [5, 5.41) is 11.7. The van der Waals surface area contributed by atoms with E-state index in [0.717, 1.165) is 34.7 Å². The molecule has 1 aliphatic rings. The molecular formula is C16H15N3. The fraction of sp³-hybridized carbons (Fsp3) is 0.125. The number of anilines is 1. The Morgan fingerprint density at radius 1 is 0.789 bits per heavy atom. The summed E-state index contributed by atoms with van der Waals surface area (Å²) >= 11 is 0. The summed E-state index contributed by atoms with van der Waals surface area (Å²) in [7, 11) is 1.92. The van der Waals surface area contributed by atoms with Gasteiger partial charge in [-0.1, -0.05) is 42.5 Å². The van der Waals surface area contributed by atoms with E-state index in [9.17, 15) is 0 Å². The monoisotopic (exact) mass is 249 g/mol. The lowest BCUT2D eigenvalue weighted by Crippen LogP contribution is -2.05. The lowest BCUT2D eigenvalue weighted by molar-refractivity contribution is 1.26. The van der Waals surface area contributed by atoms with Crippen molar-refractivity contribution in [2.24, 2.45) is 10.2 Å². The van der Waals surface area contributed by atoms with Crippen LogP contribution < -0.4 is 5.32 Å². The Morgan fingerprint density at radius 2 is 1.37 bits per heavy atom. The van der Waals surface area contributed by atoms with Gasteiger partial charge in [-0.2, -0.15) is 10.2 Å². The largest absolute Gasteiger partial charge is 0.388 e. The van der Waals surface area contributed by atoms with Crippen LogP contribution in [0.2, 0.25) is 0 Å². The molecule has 0 aromatic heterocycles. The predicted molar refractivity (Wildman–Crippen MR) is 80.1 cm³/mol. The van der Waals surface area contributed by atoms with Crippen LogP contribution >= 0.6 is 0 Å². The molecule has 19 heavy (non-hydrogen) atoms. The van der Waals surface area contributed by atoms with Crippen molar-refractivity contribution in [1.29, 1.82) is 0 Å². The third kappa shape index (κ3) is 2.40. The van der Waals surface area contributed by atoms with E-state index in [4.69, 9.17) is 0 Å². The van der Waals surface area contributed by atoms with E-state index in [1.54, 1.807) is 0 Å². The van der Waals surface area contributed by atoms with E-state index >= 15 is 0 Å². The number of benzene rings is 2. The van der Waals surface area contributed by atoms with Crippen LogP contribution in [-0.4, -0.2) is 18.5 Å². The normalized spacial score (nSPS) is 13.9. The summed E-state index contributed by atoms with van der Waals surface area (Å²) in [4.78, 5) is 0. The molecule has 0 aliphatic carbocycles. The molecule has 0 amide bonds. The molecule has 3 rings (SSSR count). The highest BCUT2D eigenvalue weighted by Gasteiger charge is 2.15. The zero-order valence-corrected chi connectivity index (χ0v) is 10.8. The Hall–Kier alpha value is -2.42. The average Bonchev–Trinajstić information content (AvgIpc) is 2.98. The zero-order chi connectivity index (χ0) is 13.1. The van der Waals surface area contributed by atoms with E-state index < -0.39 is 0 Å². The Balaban J connectivity index is 1.77. The van der Waals surface area contributed by atoms with E-state index in [1.807, 2.05) is 25.2 Å². The van der Waals surface area contributed by atoms with Crippen LogP contribution in [0.1, 0.15) is 17.5 Å². The molecule has 0 atom stereocenters. The summed E-state index contributed by atoms with van der Waals surface area (Å²) < 4.78 is 0. The molecule has 2 aromatic carbocycles. The van der Waals surface area contributed by atoms with Crippen molar-refractivity contribution < 1.29 is 0 Å². The molecule has 0 saturated carbocycles. The van der Waals surface area contributed by atoms with Crippen molar-refractivity contribution in [3.63, 3.8) is 0 Å². The maximum atomic E-state index is 4.30. The van der Waals surface area contributed by atoms with Gasteiger partial charge in [-0.25, -0.2) is 0 Å². The van der Waals surface area contributed by atoms with Crippen molar-refractivity contribution in [3.05, 3.63) is 65.7 Å². The summed E-state index contributed by atoms with van der Waals surface area (Å²) in [5.74, 6) is 0. The molecule has 1 N–H and O–H groups in total. The van der Waals surface area contributed by atoms with Crippen molar-refractivity contribution in [1.82, 2.24) is 0 Å². The number of nitrogens with zero attached hydrogens (tertiary/aromatic N) is 2. The minimum atomic E-state index is 0.795. The van der Waals surface area contributed by atoms with Crippen LogP contribution in [0.4, 0.5) is 5.69 Å². The van der Waals surface area contributed by atoms with E-state index in [-0.39, 0.29) is 0 Å². The first-order valence-electron chi connectivity index (χ1n) is 6.34. The van der Waals surface area contributed by atoms with Gasteiger partial charge in [0.05, 0.1) is 11.4 Å². The fourth-order valence-electron chi connectivity index (χ4n) is 2.13. The Morgan fingerprint density at radius 3 is 1.95 bits per heavy atom. The summed E-state index contributed by atoms with van der Waals surface area (Å²) in [6, 6.07) is 18.5. The highest BCUT2D eigenvalue weighted by atomic mass is 15.2. The average molecular weight is 249 g/mol. The highest BCUT2D eigenvalue weighted by molar-refractivity contribution is 6.20. The maximum absolute atomic E-state index is 4.30. The first-order valence-corrected chi connectivity index (χ1v) is 6.34. The molecule has 3 heteroatoms. The van der Waals surface area contributed by atoms with Gasteiger partial charge >= 0.3 is 0 Å². The van der Waals surface area contributed by atoms with Gasteiger partial charge in [-0.15, -0.1) is 0 Å². The smallest absolute Gasteiger partial charge is 0.0763 e. The first-order chi connectivity index (χ1) is 9.36. The second kappa shape index (κ2) is 5.06. The van der Waals surface area contributed by atoms with Crippen LogP contribution in [0, 0.1) is 0 Å². The maximum Gasteiger partial charge on any atom is 0.0763 e. The number of hydrogen-bond acceptors (Lipinski definition) is 3. The van der Waals surface area contributed by atoms with Gasteiger partial charge in [-0.05, 0) is 23.3 Å². The van der Waals surface area contributed by atoms with E-state index in [2.05, 4.69) is 51.9 Å². The first kappa shape index (κ1) is 11.7. The topological polar surface area (TPSA) is 36.8 Å². The van der Waals surface area contributed by atoms with Crippen LogP contribution in [0.25, 0.3) is 0 Å². The molecule has 0 bridgehead atoms. The summed E-state index contributed by atoms with van der Waals surface area (Å²) in [6.07, 6.45) is 0.795. The highest BCUT2D eigenvalue weighted by Crippen LogP contribution is 2.18. The third-order valence-electron chi connectivity index (χ3n) is 3.24. The van der Waals surface area contributed by atoms with Gasteiger partial charge in [-0.3, -0.25) is 0 Å². The van der Waals surface area contributed by atoms with Gasteiger partial charge in [0, 0.05) is 19.2 Å². The molecule has 0 fully saturated rings. The summed E-state index contributed by atoms with van der Waals surface area (Å²) in [5.41, 5.74) is 5.45. The molecular weight excluding hydrogens is 234 g/mol. The molecule has 3 nitrogen and oxygen atoms in total. The Kier molecular flexibility index (Phi) is 3.11. The molecule has 94 valence electrons. The zero-order valence-electron chi connectivity index (χ0n) is 10.8. The van der Waals surface area contributed by atoms with Crippen molar-refractivity contribution >= 4 is 17.1 Å². The molecule has 0 saturated heterocycles. The predicted octanol–water partition coefficient (Wildman–Crippen LogP) is 3.33. The van der Waals surface area contributed by atoms with Crippen LogP contribution in [-0.2, 0) is 0 Å². The standard InChI is InChI=1S/C16H15N3/c1-17-14-9-7-13(8-10-14)16-11-15(18-19-16)12-5-3-2-4-6-12/h2-10,17H,11H2,1H3. The number of rotatable bonds is 3. The Bertz CT molecular complexity index is 625. The SMILES string of the molecule is CNc1ccc(C2=NN=C(c3ccccc3)C2)cc1. The molecule has 0 radical (unpaired) electrons. The van der Waals surface area contributed by atoms with Gasteiger partial charge < -0.3 is 5.32 Å². The number of hydrogen-bond donors (Lipinski definition) is 1. The Labute approximate surface area is 112 Å². The second-order valence-corrected chi connectivity index (χ2v) is 4.46. The molecule has 1 heterocycles. The minimum absolute atomic E-state index is 0.795. The van der Waals surface area contributed by atoms with E-state index in [1.165, 1.54) is 0 Å². The van der Waals surface area contributed by atoms with Crippen LogP contribution in [0.3, 0.4) is 0 Å². The van der Waals surface area contributed by atoms with E-state index in [0.29, 0.717) is 0 Å². The fourth-order valence-corrected chi connectivity index (χ4v) is 2.13. The minimum Gasteiger partial charge on any atom is -0.388 e. The van der Waals surface area contributed by atoms with Crippen LogP contribution in [0.5, 0.6) is 0 Å². The quantitative estimate of drug-likeness (QED) is 0.890. The molecule has 0 spiro atoms. The van der Waals surface area contributed by atoms with Gasteiger partial charge in [0.1, 0.15) is 0 Å². The summed E-state index contributed by atoms with van der Waals surface area (Å²) in [6.45, 7) is 0. The molecule has 0 unspecified atom stereocenters. The van der Waals surface area contributed by atoms with Crippen LogP contribution in [0.15, 0.2) is 64.8 Å².